The van der Waals surface area contributed by atoms with Gasteiger partial charge in [-0.25, -0.2) is 9.97 Å². The Balaban J connectivity index is 2.36. The van der Waals surface area contributed by atoms with Gasteiger partial charge in [0.05, 0.1) is 0 Å². The lowest BCUT2D eigenvalue weighted by Crippen LogP contribution is -2.43. The van der Waals surface area contributed by atoms with Crippen LogP contribution in [0.4, 0.5) is 13.2 Å². The number of rotatable bonds is 2. The Morgan fingerprint density at radius 1 is 1.50 bits per heavy atom. The monoisotopic (exact) mass is 306 g/mol. The normalized spacial score (nSPS) is 13.5. The predicted molar refractivity (Wildman–Crippen MR) is 65.7 cm³/mol. The van der Waals surface area contributed by atoms with Crippen LogP contribution in [0.1, 0.15) is 23.1 Å². The van der Waals surface area contributed by atoms with Crippen LogP contribution in [-0.2, 0) is 0 Å². The molecule has 1 N–H and O–H groups in total. The first-order valence-electron chi connectivity index (χ1n) is 5.58. The molecule has 108 valence electrons. The van der Waals surface area contributed by atoms with Crippen molar-refractivity contribution in [2.24, 2.45) is 0 Å². The summed E-state index contributed by atoms with van der Waals surface area (Å²) in [6.07, 6.45) is -3.21. The average Bonchev–Trinajstić information content (AvgIpc) is 2.71. The van der Waals surface area contributed by atoms with E-state index in [2.05, 4.69) is 9.97 Å². The van der Waals surface area contributed by atoms with Crippen LogP contribution in [0.2, 0.25) is 5.15 Å². The van der Waals surface area contributed by atoms with Gasteiger partial charge in [-0.3, -0.25) is 9.20 Å². The number of nitrogens with one attached hydrogen (secondary N) is 1. The quantitative estimate of drug-likeness (QED) is 0.867. The first-order chi connectivity index (χ1) is 9.20. The Morgan fingerprint density at radius 3 is 2.75 bits per heavy atom. The fourth-order valence-corrected chi connectivity index (χ4v) is 1.83. The summed E-state index contributed by atoms with van der Waals surface area (Å²) in [7, 11) is 0. The van der Waals surface area contributed by atoms with Crippen molar-refractivity contribution >= 4 is 23.2 Å². The molecule has 1 atom stereocenters. The molecule has 20 heavy (non-hydrogen) atoms. The molecule has 0 bridgehead atoms. The predicted octanol–water partition coefficient (Wildman–Crippen LogP) is 2.37. The first kappa shape index (κ1) is 14.6. The van der Waals surface area contributed by atoms with Crippen molar-refractivity contribution in [1.82, 2.24) is 19.7 Å². The molecule has 0 aromatic carbocycles. The number of halogens is 4. The van der Waals surface area contributed by atoms with E-state index in [9.17, 15) is 18.0 Å². The number of fused-ring (bicyclic) bond motifs is 1. The number of aryl methyl sites for hydroxylation is 1. The van der Waals surface area contributed by atoms with Gasteiger partial charge in [0.25, 0.3) is 5.91 Å². The standard InChI is InChI=1S/C11H10ClF3N4O/c1-5-3-7(12)18-9-8(16-4-19(5)9)10(20)17-6(2)11(13,14)15/h3-4,6H,1-2H3,(H,17,20)/t6-/m0/s1. The maximum absolute atomic E-state index is 12.4. The molecule has 1 amide bonds. The van der Waals surface area contributed by atoms with E-state index in [1.54, 1.807) is 13.0 Å². The molecule has 0 spiro atoms. The molecule has 5 nitrogen and oxygen atoms in total. The number of hydrogen-bond donors (Lipinski definition) is 1. The van der Waals surface area contributed by atoms with E-state index in [1.165, 1.54) is 10.7 Å². The third-order valence-corrected chi connectivity index (χ3v) is 2.91. The molecule has 0 fully saturated rings. The van der Waals surface area contributed by atoms with Crippen molar-refractivity contribution in [3.63, 3.8) is 0 Å². The highest BCUT2D eigenvalue weighted by atomic mass is 35.5. The molecule has 9 heteroatoms. The van der Waals surface area contributed by atoms with Gasteiger partial charge in [0.15, 0.2) is 11.3 Å². The van der Waals surface area contributed by atoms with Crippen LogP contribution >= 0.6 is 11.6 Å². The first-order valence-corrected chi connectivity index (χ1v) is 5.95. The second-order valence-electron chi connectivity index (χ2n) is 4.24. The Labute approximate surface area is 116 Å². The van der Waals surface area contributed by atoms with Crippen LogP contribution < -0.4 is 5.32 Å². The zero-order valence-electron chi connectivity index (χ0n) is 10.5. The van der Waals surface area contributed by atoms with Crippen LogP contribution in [0.5, 0.6) is 0 Å². The summed E-state index contributed by atoms with van der Waals surface area (Å²) in [6.45, 7) is 2.56. The number of carbonyl (C=O) groups is 1. The highest BCUT2D eigenvalue weighted by molar-refractivity contribution is 6.29. The average molecular weight is 307 g/mol. The van der Waals surface area contributed by atoms with Crippen LogP contribution in [0.3, 0.4) is 0 Å². The minimum atomic E-state index is -4.52. The topological polar surface area (TPSA) is 59.3 Å². The van der Waals surface area contributed by atoms with Crippen LogP contribution in [0.15, 0.2) is 12.4 Å². The highest BCUT2D eigenvalue weighted by Gasteiger charge is 2.37. The summed E-state index contributed by atoms with van der Waals surface area (Å²) >= 11 is 5.77. The maximum Gasteiger partial charge on any atom is 0.408 e. The lowest BCUT2D eigenvalue weighted by molar-refractivity contribution is -0.149. The second kappa shape index (κ2) is 4.93. The fraction of sp³-hybridized carbons (Fsp3) is 0.364. The van der Waals surface area contributed by atoms with Gasteiger partial charge in [0.1, 0.15) is 17.5 Å². The smallest absolute Gasteiger partial charge is 0.339 e. The van der Waals surface area contributed by atoms with E-state index < -0.39 is 18.1 Å². The number of carbonyl (C=O) groups excluding carboxylic acids is 1. The number of hydrogen-bond acceptors (Lipinski definition) is 3. The molecule has 0 aliphatic rings. The van der Waals surface area contributed by atoms with Crippen molar-refractivity contribution in [3.8, 4) is 0 Å². The molecule has 0 radical (unpaired) electrons. The molecule has 0 saturated heterocycles. The number of alkyl halides is 3. The number of nitrogens with zero attached hydrogens (tertiary/aromatic N) is 3. The van der Waals surface area contributed by atoms with Crippen molar-refractivity contribution in [3.05, 3.63) is 28.9 Å². The molecular weight excluding hydrogens is 297 g/mol. The van der Waals surface area contributed by atoms with Crippen molar-refractivity contribution in [2.45, 2.75) is 26.1 Å². The minimum absolute atomic E-state index is 0.113. The van der Waals surface area contributed by atoms with E-state index in [-0.39, 0.29) is 16.5 Å². The zero-order valence-corrected chi connectivity index (χ0v) is 11.2. The van der Waals surface area contributed by atoms with E-state index in [0.29, 0.717) is 5.69 Å². The van der Waals surface area contributed by atoms with Crippen molar-refractivity contribution in [1.29, 1.82) is 0 Å². The van der Waals surface area contributed by atoms with Gasteiger partial charge < -0.3 is 5.32 Å². The number of amides is 1. The fourth-order valence-electron chi connectivity index (χ4n) is 1.59. The molecule has 0 aliphatic heterocycles. The van der Waals surface area contributed by atoms with Gasteiger partial charge in [-0.05, 0) is 19.9 Å². The van der Waals surface area contributed by atoms with Crippen molar-refractivity contribution in [2.75, 3.05) is 0 Å². The molecule has 0 aliphatic carbocycles. The summed E-state index contributed by atoms with van der Waals surface area (Å²) in [5.74, 6) is -0.952. The lowest BCUT2D eigenvalue weighted by Gasteiger charge is -2.16. The summed E-state index contributed by atoms with van der Waals surface area (Å²) in [5, 5.41) is 1.96. The highest BCUT2D eigenvalue weighted by Crippen LogP contribution is 2.20. The van der Waals surface area contributed by atoms with Gasteiger partial charge >= 0.3 is 6.18 Å². The number of imidazole rings is 1. The van der Waals surface area contributed by atoms with Crippen molar-refractivity contribution < 1.29 is 18.0 Å². The Morgan fingerprint density at radius 2 is 2.15 bits per heavy atom. The van der Waals surface area contributed by atoms with Crippen LogP contribution in [0.25, 0.3) is 5.65 Å². The summed E-state index contributed by atoms with van der Waals surface area (Å²) < 4.78 is 38.7. The molecule has 2 rings (SSSR count). The van der Waals surface area contributed by atoms with Gasteiger partial charge in [-0.2, -0.15) is 13.2 Å². The molecular formula is C11H10ClF3N4O. The Hall–Kier alpha value is -1.83. The van der Waals surface area contributed by atoms with Gasteiger partial charge in [-0.1, -0.05) is 11.6 Å². The lowest BCUT2D eigenvalue weighted by atomic mass is 10.3. The molecule has 0 unspecified atom stereocenters. The van der Waals surface area contributed by atoms with E-state index >= 15 is 0 Å². The molecule has 2 aromatic heterocycles. The third kappa shape index (κ3) is 2.69. The molecule has 2 aromatic rings. The third-order valence-electron chi connectivity index (χ3n) is 2.72. The van der Waals surface area contributed by atoms with Gasteiger partial charge in [0.2, 0.25) is 0 Å². The SMILES string of the molecule is Cc1cc(Cl)nc2c(C(=O)N[C@@H](C)C(F)(F)F)ncn12. The van der Waals surface area contributed by atoms with Gasteiger partial charge in [-0.15, -0.1) is 0 Å². The van der Waals surface area contributed by atoms with E-state index in [1.807, 2.05) is 5.32 Å². The summed E-state index contributed by atoms with van der Waals surface area (Å²) in [4.78, 5) is 19.5. The number of aromatic nitrogens is 3. The summed E-state index contributed by atoms with van der Waals surface area (Å²) in [6, 6.07) is -0.428. The van der Waals surface area contributed by atoms with Crippen LogP contribution in [0, 0.1) is 6.92 Å². The van der Waals surface area contributed by atoms with Gasteiger partial charge in [0, 0.05) is 5.69 Å². The largest absolute Gasteiger partial charge is 0.408 e. The van der Waals surface area contributed by atoms with E-state index in [0.717, 1.165) is 6.92 Å². The maximum atomic E-state index is 12.4. The molecule has 2 heterocycles. The van der Waals surface area contributed by atoms with Crippen LogP contribution in [-0.4, -0.2) is 32.5 Å². The Bertz CT molecular complexity index is 667. The minimum Gasteiger partial charge on any atom is -0.339 e. The summed E-state index contributed by atoms with van der Waals surface area (Å²) in [5.41, 5.74) is 0.573. The zero-order chi connectivity index (χ0) is 15.1. The Kier molecular flexibility index (Phi) is 3.59. The van der Waals surface area contributed by atoms with E-state index in [4.69, 9.17) is 11.6 Å². The second-order valence-corrected chi connectivity index (χ2v) is 4.63. The molecule has 0 saturated carbocycles.